The largest absolute Gasteiger partial charge is 0.464 e. The van der Waals surface area contributed by atoms with Crippen molar-refractivity contribution in [1.82, 2.24) is 0 Å². The summed E-state index contributed by atoms with van der Waals surface area (Å²) in [6.45, 7) is 0. The van der Waals surface area contributed by atoms with E-state index < -0.39 is 0 Å². The Hall–Kier alpha value is -1.24. The third-order valence-electron chi connectivity index (χ3n) is 1.96. The summed E-state index contributed by atoms with van der Waals surface area (Å²) in [6, 6.07) is 9.05. The molecule has 0 atom stereocenters. The molecule has 0 saturated carbocycles. The summed E-state index contributed by atoms with van der Waals surface area (Å²) < 4.78 is 5.92. The zero-order valence-electron chi connectivity index (χ0n) is 7.50. The first-order chi connectivity index (χ1) is 7.22. The van der Waals surface area contributed by atoms with Crippen molar-refractivity contribution in [2.24, 2.45) is 0 Å². The first-order valence-electron chi connectivity index (χ1n) is 4.15. The maximum atomic E-state index is 8.88. The van der Waals surface area contributed by atoms with Crippen LogP contribution in [0, 0.1) is 11.3 Å². The van der Waals surface area contributed by atoms with E-state index >= 15 is 0 Å². The molecule has 0 aliphatic carbocycles. The average molecular weight is 283 g/mol. The molecule has 74 valence electrons. The number of rotatable bonds is 1. The Bertz CT molecular complexity index is 528. The second-order valence-corrected chi connectivity index (χ2v) is 4.16. The lowest BCUT2D eigenvalue weighted by molar-refractivity contribution is 0.582. The molecule has 2 rings (SSSR count). The van der Waals surface area contributed by atoms with Crippen LogP contribution >= 0.6 is 27.5 Å². The molecular formula is C11H5BrClNO. The van der Waals surface area contributed by atoms with Gasteiger partial charge in [0, 0.05) is 10.0 Å². The molecule has 0 saturated heterocycles. The predicted octanol–water partition coefficient (Wildman–Crippen LogP) is 4.23. The van der Waals surface area contributed by atoms with Gasteiger partial charge in [0.05, 0.1) is 16.8 Å². The van der Waals surface area contributed by atoms with Crippen LogP contribution in [0.1, 0.15) is 5.56 Å². The number of furan rings is 1. The Morgan fingerprint density at radius 1 is 1.40 bits per heavy atom. The molecule has 0 amide bonds. The summed E-state index contributed by atoms with van der Waals surface area (Å²) >= 11 is 9.32. The van der Waals surface area contributed by atoms with Gasteiger partial charge in [-0.2, -0.15) is 5.26 Å². The number of nitrogens with zero attached hydrogens (tertiary/aromatic N) is 1. The standard InChI is InChI=1S/C11H5BrClNO/c12-9-5-10(13)8(4-7(9)6-14)11-2-1-3-15-11/h1-5H. The lowest BCUT2D eigenvalue weighted by Crippen LogP contribution is -1.82. The highest BCUT2D eigenvalue weighted by Gasteiger charge is 2.10. The Labute approximate surface area is 100 Å². The molecule has 0 fully saturated rings. The number of benzene rings is 1. The molecule has 2 aromatic rings. The van der Waals surface area contributed by atoms with Gasteiger partial charge in [0.1, 0.15) is 11.8 Å². The molecule has 1 aromatic heterocycles. The molecule has 0 N–H and O–H groups in total. The van der Waals surface area contributed by atoms with Gasteiger partial charge in [-0.15, -0.1) is 0 Å². The summed E-state index contributed by atoms with van der Waals surface area (Å²) in [7, 11) is 0. The lowest BCUT2D eigenvalue weighted by Gasteiger charge is -2.03. The van der Waals surface area contributed by atoms with Crippen LogP contribution in [0.5, 0.6) is 0 Å². The molecule has 1 aromatic carbocycles. The van der Waals surface area contributed by atoms with Gasteiger partial charge in [-0.3, -0.25) is 0 Å². The molecule has 0 aliphatic heterocycles. The molecule has 0 bridgehead atoms. The fourth-order valence-corrected chi connectivity index (χ4v) is 2.08. The van der Waals surface area contributed by atoms with E-state index in [9.17, 15) is 0 Å². The van der Waals surface area contributed by atoms with Crippen LogP contribution in [0.15, 0.2) is 39.4 Å². The van der Waals surface area contributed by atoms with Crippen LogP contribution in [0.4, 0.5) is 0 Å². The zero-order valence-corrected chi connectivity index (χ0v) is 9.84. The third kappa shape index (κ3) is 1.92. The highest BCUT2D eigenvalue weighted by Crippen LogP contribution is 2.32. The summed E-state index contributed by atoms with van der Waals surface area (Å²) in [6.07, 6.45) is 1.57. The number of hydrogen-bond donors (Lipinski definition) is 0. The van der Waals surface area contributed by atoms with Crippen molar-refractivity contribution >= 4 is 27.5 Å². The number of nitriles is 1. The topological polar surface area (TPSA) is 36.9 Å². The first kappa shape index (κ1) is 10.3. The number of halogens is 2. The highest BCUT2D eigenvalue weighted by molar-refractivity contribution is 9.10. The Morgan fingerprint density at radius 2 is 2.20 bits per heavy atom. The quantitative estimate of drug-likeness (QED) is 0.784. The van der Waals surface area contributed by atoms with Crippen molar-refractivity contribution in [3.05, 3.63) is 45.6 Å². The molecule has 0 radical (unpaired) electrons. The minimum absolute atomic E-state index is 0.533. The Morgan fingerprint density at radius 3 is 2.80 bits per heavy atom. The van der Waals surface area contributed by atoms with Gasteiger partial charge in [0.15, 0.2) is 0 Å². The van der Waals surface area contributed by atoms with Crippen LogP contribution in [0.2, 0.25) is 5.02 Å². The molecule has 0 unspecified atom stereocenters. The van der Waals surface area contributed by atoms with Crippen molar-refractivity contribution in [1.29, 1.82) is 5.26 Å². The van der Waals surface area contributed by atoms with Crippen LogP contribution in [0.3, 0.4) is 0 Å². The maximum Gasteiger partial charge on any atom is 0.135 e. The normalized spacial score (nSPS) is 9.93. The third-order valence-corrected chi connectivity index (χ3v) is 2.93. The van der Waals surface area contributed by atoms with E-state index in [1.165, 1.54) is 0 Å². The van der Waals surface area contributed by atoms with Crippen LogP contribution in [-0.4, -0.2) is 0 Å². The van der Waals surface area contributed by atoms with Gasteiger partial charge >= 0.3 is 0 Å². The van der Waals surface area contributed by atoms with Gasteiger partial charge in [-0.25, -0.2) is 0 Å². The van der Waals surface area contributed by atoms with E-state index in [2.05, 4.69) is 22.0 Å². The van der Waals surface area contributed by atoms with Gasteiger partial charge in [0.25, 0.3) is 0 Å². The zero-order chi connectivity index (χ0) is 10.8. The van der Waals surface area contributed by atoms with E-state index in [0.29, 0.717) is 20.8 Å². The minimum Gasteiger partial charge on any atom is -0.464 e. The fourth-order valence-electron chi connectivity index (χ4n) is 1.26. The smallest absolute Gasteiger partial charge is 0.135 e. The van der Waals surface area contributed by atoms with E-state index in [4.69, 9.17) is 21.3 Å². The van der Waals surface area contributed by atoms with E-state index in [1.807, 2.05) is 0 Å². The van der Waals surface area contributed by atoms with Crippen LogP contribution in [0.25, 0.3) is 11.3 Å². The highest BCUT2D eigenvalue weighted by atomic mass is 79.9. The van der Waals surface area contributed by atoms with E-state index in [-0.39, 0.29) is 0 Å². The maximum absolute atomic E-state index is 8.88. The average Bonchev–Trinajstić information content (AvgIpc) is 2.71. The summed E-state index contributed by atoms with van der Waals surface area (Å²) in [5, 5.41) is 9.43. The second kappa shape index (κ2) is 4.09. The first-order valence-corrected chi connectivity index (χ1v) is 5.32. The Kier molecular flexibility index (Phi) is 2.81. The molecule has 4 heteroatoms. The SMILES string of the molecule is N#Cc1cc(-c2ccco2)c(Cl)cc1Br. The van der Waals surface area contributed by atoms with Crippen LogP contribution < -0.4 is 0 Å². The fraction of sp³-hybridized carbons (Fsp3) is 0. The second-order valence-electron chi connectivity index (χ2n) is 2.90. The Balaban J connectivity index is 2.64. The molecule has 15 heavy (non-hydrogen) atoms. The monoisotopic (exact) mass is 281 g/mol. The molecule has 2 nitrogen and oxygen atoms in total. The molecule has 0 aliphatic rings. The predicted molar refractivity (Wildman–Crippen MR) is 61.6 cm³/mol. The van der Waals surface area contributed by atoms with Gasteiger partial charge in [-0.05, 0) is 40.2 Å². The lowest BCUT2D eigenvalue weighted by atomic mass is 10.1. The van der Waals surface area contributed by atoms with Crippen molar-refractivity contribution in [2.75, 3.05) is 0 Å². The van der Waals surface area contributed by atoms with Crippen molar-refractivity contribution in [2.45, 2.75) is 0 Å². The molecular weight excluding hydrogens is 277 g/mol. The van der Waals surface area contributed by atoms with Gasteiger partial charge in [-0.1, -0.05) is 11.6 Å². The van der Waals surface area contributed by atoms with Crippen LogP contribution in [-0.2, 0) is 0 Å². The summed E-state index contributed by atoms with van der Waals surface area (Å²) in [5.41, 5.74) is 1.26. The van der Waals surface area contributed by atoms with Crippen molar-refractivity contribution < 1.29 is 4.42 Å². The minimum atomic E-state index is 0.533. The van der Waals surface area contributed by atoms with E-state index in [1.54, 1.807) is 30.5 Å². The molecule has 1 heterocycles. The number of hydrogen-bond acceptors (Lipinski definition) is 2. The van der Waals surface area contributed by atoms with E-state index in [0.717, 1.165) is 5.56 Å². The summed E-state index contributed by atoms with van der Waals surface area (Å²) in [4.78, 5) is 0. The van der Waals surface area contributed by atoms with Gasteiger partial charge < -0.3 is 4.42 Å². The van der Waals surface area contributed by atoms with Crippen molar-refractivity contribution in [3.63, 3.8) is 0 Å². The molecule has 0 spiro atoms. The van der Waals surface area contributed by atoms with Gasteiger partial charge in [0.2, 0.25) is 0 Å². The summed E-state index contributed by atoms with van der Waals surface area (Å²) in [5.74, 6) is 0.656. The van der Waals surface area contributed by atoms with Crippen molar-refractivity contribution in [3.8, 4) is 17.4 Å².